The minimum Gasteiger partial charge on any atom is -0.832 e. The predicted molar refractivity (Wildman–Crippen MR) is 119 cm³/mol. The lowest BCUT2D eigenvalue weighted by Crippen LogP contribution is -2.57. The maximum absolute atomic E-state index is 15.1. The van der Waals surface area contributed by atoms with Gasteiger partial charge in [0, 0.05) is 0 Å². The molecule has 4 aromatic rings. The van der Waals surface area contributed by atoms with Crippen LogP contribution in [0.5, 0.6) is 5.75 Å². The minimum absolute atomic E-state index is 0.432. The summed E-state index contributed by atoms with van der Waals surface area (Å²) < 4.78 is 9.04. The third-order valence-corrected chi connectivity index (χ3v) is 5.37. The molecule has 31 heavy (non-hydrogen) atoms. The van der Waals surface area contributed by atoms with Crippen LogP contribution in [0.1, 0.15) is 17.0 Å². The highest BCUT2D eigenvalue weighted by molar-refractivity contribution is 6.09. The van der Waals surface area contributed by atoms with Crippen molar-refractivity contribution in [2.75, 3.05) is 7.11 Å². The molecule has 1 atom stereocenters. The number of para-hydroxylation sites is 1. The second kappa shape index (κ2) is 8.58. The zero-order valence-corrected chi connectivity index (χ0v) is 17.9. The Morgan fingerprint density at radius 1 is 0.935 bits per heavy atom. The average molecular weight is 412 g/mol. The highest BCUT2D eigenvalue weighted by atomic mass is 16.5. The van der Waals surface area contributed by atoms with Crippen LogP contribution in [0.3, 0.4) is 0 Å². The van der Waals surface area contributed by atoms with Gasteiger partial charge in [-0.25, -0.2) is 9.13 Å². The Bertz CT molecular complexity index is 1160. The molecule has 1 heterocycles. The SMILES string of the molecule is COc1ccc(C([O-])(C(=Nc2ccccc2)c2ccccc2)c2n(C)cc[n+]2C)cc1. The summed E-state index contributed by atoms with van der Waals surface area (Å²) in [5, 5.41) is 15.1. The third kappa shape index (κ3) is 3.88. The molecule has 1 aromatic heterocycles. The molecule has 0 amide bonds. The number of hydrogen-bond acceptors (Lipinski definition) is 3. The minimum atomic E-state index is -1.77. The van der Waals surface area contributed by atoms with Crippen LogP contribution in [0.4, 0.5) is 5.69 Å². The maximum atomic E-state index is 15.1. The van der Waals surface area contributed by atoms with Crippen molar-refractivity contribution in [1.29, 1.82) is 0 Å². The van der Waals surface area contributed by atoms with Crippen LogP contribution in [0, 0.1) is 0 Å². The number of aliphatic imine (C=N–C) groups is 1. The molecule has 0 saturated heterocycles. The Hall–Kier alpha value is -3.70. The molecule has 0 aliphatic heterocycles. The summed E-state index contributed by atoms with van der Waals surface area (Å²) in [5.74, 6) is 1.28. The van der Waals surface area contributed by atoms with Gasteiger partial charge in [0.2, 0.25) is 0 Å². The highest BCUT2D eigenvalue weighted by Crippen LogP contribution is 2.32. The number of aromatic nitrogens is 2. The molecule has 3 aromatic carbocycles. The van der Waals surface area contributed by atoms with Crippen LogP contribution in [0.15, 0.2) is 102 Å². The van der Waals surface area contributed by atoms with Gasteiger partial charge in [-0.3, -0.25) is 4.99 Å². The Balaban J connectivity index is 2.04. The van der Waals surface area contributed by atoms with E-state index in [9.17, 15) is 0 Å². The summed E-state index contributed by atoms with van der Waals surface area (Å²) in [6, 6.07) is 26.5. The van der Waals surface area contributed by atoms with E-state index in [1.807, 2.05) is 121 Å². The van der Waals surface area contributed by atoms with Crippen LogP contribution in [-0.4, -0.2) is 17.4 Å². The molecule has 5 heteroatoms. The number of benzene rings is 3. The molecule has 0 bridgehead atoms. The zero-order chi connectivity index (χ0) is 21.8. The fraction of sp³-hybridized carbons (Fsp3) is 0.154. The topological polar surface area (TPSA) is 53.5 Å². The lowest BCUT2D eigenvalue weighted by atomic mass is 9.83. The largest absolute Gasteiger partial charge is 0.832 e. The summed E-state index contributed by atoms with van der Waals surface area (Å²) in [4.78, 5) is 4.90. The van der Waals surface area contributed by atoms with E-state index in [2.05, 4.69) is 0 Å². The van der Waals surface area contributed by atoms with E-state index < -0.39 is 5.60 Å². The summed E-state index contributed by atoms with van der Waals surface area (Å²) in [6.45, 7) is 0. The first-order valence-corrected chi connectivity index (χ1v) is 10.1. The number of aryl methyl sites for hydroxylation is 2. The second-order valence-corrected chi connectivity index (χ2v) is 7.42. The van der Waals surface area contributed by atoms with E-state index >= 15 is 5.11 Å². The van der Waals surface area contributed by atoms with E-state index in [1.165, 1.54) is 0 Å². The first-order chi connectivity index (χ1) is 15.0. The van der Waals surface area contributed by atoms with Crippen molar-refractivity contribution in [2.24, 2.45) is 19.1 Å². The lowest BCUT2D eigenvalue weighted by molar-refractivity contribution is -0.696. The molecule has 0 aliphatic rings. The van der Waals surface area contributed by atoms with Gasteiger partial charge in [-0.05, 0) is 35.4 Å². The maximum Gasteiger partial charge on any atom is 0.256 e. The number of rotatable bonds is 6. The van der Waals surface area contributed by atoms with Crippen LogP contribution >= 0.6 is 0 Å². The molecule has 0 N–H and O–H groups in total. The Morgan fingerprint density at radius 3 is 2.10 bits per heavy atom. The number of nitrogens with zero attached hydrogens (tertiary/aromatic N) is 3. The van der Waals surface area contributed by atoms with Gasteiger partial charge in [0.1, 0.15) is 18.1 Å². The highest BCUT2D eigenvalue weighted by Gasteiger charge is 2.38. The van der Waals surface area contributed by atoms with Crippen molar-refractivity contribution in [1.82, 2.24) is 4.57 Å². The molecule has 0 radical (unpaired) electrons. The second-order valence-electron chi connectivity index (χ2n) is 7.42. The first-order valence-electron chi connectivity index (χ1n) is 10.1. The summed E-state index contributed by atoms with van der Waals surface area (Å²) >= 11 is 0. The van der Waals surface area contributed by atoms with E-state index in [1.54, 1.807) is 7.11 Å². The summed E-state index contributed by atoms with van der Waals surface area (Å²) in [7, 11) is 5.39. The summed E-state index contributed by atoms with van der Waals surface area (Å²) in [6.07, 6.45) is 3.77. The van der Waals surface area contributed by atoms with Gasteiger partial charge >= 0.3 is 0 Å². The van der Waals surface area contributed by atoms with Crippen molar-refractivity contribution >= 4 is 11.4 Å². The van der Waals surface area contributed by atoms with Crippen LogP contribution < -0.4 is 14.4 Å². The van der Waals surface area contributed by atoms with Gasteiger partial charge < -0.3 is 9.84 Å². The molecule has 5 nitrogen and oxygen atoms in total. The van der Waals surface area contributed by atoms with Gasteiger partial charge in [-0.15, -0.1) is 0 Å². The van der Waals surface area contributed by atoms with Gasteiger partial charge in [0.05, 0.1) is 38.2 Å². The van der Waals surface area contributed by atoms with E-state index in [4.69, 9.17) is 9.73 Å². The fourth-order valence-corrected chi connectivity index (χ4v) is 3.86. The molecule has 0 saturated carbocycles. The predicted octanol–water partition coefficient (Wildman–Crippen LogP) is 3.28. The molecular formula is C26H25N3O2. The van der Waals surface area contributed by atoms with Gasteiger partial charge in [-0.2, -0.15) is 0 Å². The molecule has 0 spiro atoms. The van der Waals surface area contributed by atoms with Crippen molar-refractivity contribution in [3.05, 3.63) is 114 Å². The van der Waals surface area contributed by atoms with Gasteiger partial charge in [0.25, 0.3) is 5.82 Å². The summed E-state index contributed by atoms with van der Waals surface area (Å²) in [5.41, 5.74) is 0.757. The van der Waals surface area contributed by atoms with Crippen LogP contribution in [-0.2, 0) is 19.7 Å². The number of hydrogen-bond donors (Lipinski definition) is 0. The molecule has 0 aliphatic carbocycles. The smallest absolute Gasteiger partial charge is 0.256 e. The van der Waals surface area contributed by atoms with Crippen LogP contribution in [0.25, 0.3) is 0 Å². The monoisotopic (exact) mass is 411 g/mol. The fourth-order valence-electron chi connectivity index (χ4n) is 3.86. The standard InChI is InChI=1S/C26H25N3O2/c1-28-18-19-29(2)25(28)26(30,21-14-16-23(31-3)17-15-21)24(20-10-6-4-7-11-20)27-22-12-8-5-9-13-22/h4-19H,1-3H3. The molecule has 4 rings (SSSR count). The van der Waals surface area contributed by atoms with E-state index in [-0.39, 0.29) is 0 Å². The molecular weight excluding hydrogens is 386 g/mol. The quantitative estimate of drug-likeness (QED) is 0.361. The number of ether oxygens (including phenoxy) is 1. The number of imidazole rings is 1. The first kappa shape index (κ1) is 20.6. The van der Waals surface area contributed by atoms with Crippen molar-refractivity contribution < 1.29 is 14.4 Å². The Labute approximate surface area is 182 Å². The van der Waals surface area contributed by atoms with Crippen molar-refractivity contribution in [3.8, 4) is 5.75 Å². The third-order valence-electron chi connectivity index (χ3n) is 5.37. The normalized spacial score (nSPS) is 13.6. The van der Waals surface area contributed by atoms with Crippen molar-refractivity contribution in [2.45, 2.75) is 5.60 Å². The molecule has 0 fully saturated rings. The van der Waals surface area contributed by atoms with Gasteiger partial charge in [-0.1, -0.05) is 60.7 Å². The molecule has 1 unspecified atom stereocenters. The van der Waals surface area contributed by atoms with Crippen molar-refractivity contribution in [3.63, 3.8) is 0 Å². The van der Waals surface area contributed by atoms with E-state index in [0.29, 0.717) is 22.8 Å². The number of methoxy groups -OCH3 is 1. The van der Waals surface area contributed by atoms with E-state index in [0.717, 1.165) is 11.3 Å². The Morgan fingerprint density at radius 2 is 1.55 bits per heavy atom. The Kier molecular flexibility index (Phi) is 5.69. The van der Waals surface area contributed by atoms with Crippen LogP contribution in [0.2, 0.25) is 0 Å². The zero-order valence-electron chi connectivity index (χ0n) is 17.9. The molecule has 156 valence electrons. The van der Waals surface area contributed by atoms with Gasteiger partial charge in [0.15, 0.2) is 0 Å². The average Bonchev–Trinajstić information content (AvgIpc) is 3.16. The lowest BCUT2D eigenvalue weighted by Gasteiger charge is -2.39.